The van der Waals surface area contributed by atoms with Crippen molar-refractivity contribution >= 4 is 34.8 Å². The van der Waals surface area contributed by atoms with Gasteiger partial charge in [-0.1, -0.05) is 44.2 Å². The minimum absolute atomic E-state index is 0.0283. The summed E-state index contributed by atoms with van der Waals surface area (Å²) in [5.74, 6) is 0.372. The number of hydrogen-bond acceptors (Lipinski definition) is 0. The zero-order valence-corrected chi connectivity index (χ0v) is 19.9. The van der Waals surface area contributed by atoms with Gasteiger partial charge in [0.25, 0.3) is 0 Å². The molecule has 2 unspecified atom stereocenters. The molecule has 1 rings (SSSR count). The Balaban J connectivity index is 2.82. The first-order valence-corrected chi connectivity index (χ1v) is 10.9. The summed E-state index contributed by atoms with van der Waals surface area (Å²) < 4.78 is 0. The molecule has 0 aromatic heterocycles. The van der Waals surface area contributed by atoms with Gasteiger partial charge in [-0.05, 0) is 83.6 Å². The molecule has 150 valence electrons. The number of halogens is 3. The summed E-state index contributed by atoms with van der Waals surface area (Å²) in [7, 11) is 0. The first-order valence-electron chi connectivity index (χ1n) is 9.73. The van der Waals surface area contributed by atoms with E-state index in [1.54, 1.807) is 0 Å². The van der Waals surface area contributed by atoms with E-state index in [-0.39, 0.29) is 20.0 Å². The molecule has 0 fully saturated rings. The van der Waals surface area contributed by atoms with E-state index in [2.05, 4.69) is 65.0 Å². The highest BCUT2D eigenvalue weighted by atomic mass is 35.5. The van der Waals surface area contributed by atoms with Crippen LogP contribution in [0.4, 0.5) is 0 Å². The molecule has 0 aliphatic heterocycles. The van der Waals surface area contributed by atoms with Crippen molar-refractivity contribution in [2.24, 2.45) is 11.3 Å². The van der Waals surface area contributed by atoms with Crippen molar-refractivity contribution in [3.63, 3.8) is 0 Å². The standard InChI is InChI=1S/C23H37Cl3/c1-20(2,16-23(7,26)17-21(3,4)24)19(22(5,6)25)15-11-14-18-12-9-8-10-13-18/h8-10,12-13,19H,11,14-17H2,1-7H3. The molecule has 0 bridgehead atoms. The van der Waals surface area contributed by atoms with Crippen LogP contribution in [0.2, 0.25) is 0 Å². The Morgan fingerprint density at radius 3 is 1.81 bits per heavy atom. The molecule has 0 nitrogen and oxygen atoms in total. The van der Waals surface area contributed by atoms with Gasteiger partial charge < -0.3 is 0 Å². The minimum atomic E-state index is -0.339. The molecule has 2 atom stereocenters. The maximum Gasteiger partial charge on any atom is 0.0440 e. The van der Waals surface area contributed by atoms with Gasteiger partial charge in [0.1, 0.15) is 0 Å². The number of aryl methyl sites for hydroxylation is 1. The molecule has 0 N–H and O–H groups in total. The summed E-state index contributed by atoms with van der Waals surface area (Å²) in [4.78, 5) is -0.913. The quantitative estimate of drug-likeness (QED) is 0.333. The summed E-state index contributed by atoms with van der Waals surface area (Å²) >= 11 is 20.2. The van der Waals surface area contributed by atoms with Crippen molar-refractivity contribution < 1.29 is 0 Å². The molecule has 1 aromatic rings. The average Bonchev–Trinajstić information content (AvgIpc) is 2.38. The van der Waals surface area contributed by atoms with Crippen LogP contribution in [0.25, 0.3) is 0 Å². The van der Waals surface area contributed by atoms with Crippen molar-refractivity contribution in [3.05, 3.63) is 35.9 Å². The molecule has 1 aromatic carbocycles. The maximum atomic E-state index is 6.90. The predicted molar refractivity (Wildman–Crippen MR) is 120 cm³/mol. The van der Waals surface area contributed by atoms with Gasteiger partial charge in [-0.2, -0.15) is 0 Å². The van der Waals surface area contributed by atoms with Crippen LogP contribution in [0.5, 0.6) is 0 Å². The summed E-state index contributed by atoms with van der Waals surface area (Å²) in [6, 6.07) is 10.7. The first kappa shape index (κ1) is 24.1. The molecule has 0 aliphatic rings. The Kier molecular flexibility index (Phi) is 8.41. The molecule has 0 spiro atoms. The van der Waals surface area contributed by atoms with Crippen LogP contribution < -0.4 is 0 Å². The van der Waals surface area contributed by atoms with E-state index in [1.807, 2.05) is 13.8 Å². The zero-order chi connectivity index (χ0) is 20.2. The average molecular weight is 420 g/mol. The third-order valence-electron chi connectivity index (χ3n) is 5.19. The van der Waals surface area contributed by atoms with Crippen molar-refractivity contribution in [1.29, 1.82) is 0 Å². The second kappa shape index (κ2) is 9.06. The van der Waals surface area contributed by atoms with E-state index in [0.717, 1.165) is 32.1 Å². The van der Waals surface area contributed by atoms with Crippen molar-refractivity contribution in [3.8, 4) is 0 Å². The second-order valence-corrected chi connectivity index (χ2v) is 12.9. The van der Waals surface area contributed by atoms with Gasteiger partial charge >= 0.3 is 0 Å². The molecule has 0 amide bonds. The highest BCUT2D eigenvalue weighted by Crippen LogP contribution is 2.49. The Labute approximate surface area is 177 Å². The summed E-state index contributed by atoms with van der Waals surface area (Å²) in [5, 5.41) is 0. The van der Waals surface area contributed by atoms with Gasteiger partial charge in [-0.25, -0.2) is 0 Å². The van der Waals surface area contributed by atoms with Crippen molar-refractivity contribution in [2.45, 2.75) is 95.2 Å². The van der Waals surface area contributed by atoms with Gasteiger partial charge in [0.2, 0.25) is 0 Å². The highest BCUT2D eigenvalue weighted by molar-refractivity contribution is 6.27. The smallest absolute Gasteiger partial charge is 0.0440 e. The van der Waals surface area contributed by atoms with Gasteiger partial charge in [-0.3, -0.25) is 0 Å². The largest absolute Gasteiger partial charge is 0.120 e. The molecule has 3 heteroatoms. The van der Waals surface area contributed by atoms with Crippen molar-refractivity contribution in [1.82, 2.24) is 0 Å². The SMILES string of the molecule is CC(C)(Cl)CC(C)(Cl)CC(C)(C)C(CCCc1ccccc1)C(C)(C)Cl. The van der Waals surface area contributed by atoms with E-state index in [0.29, 0.717) is 5.92 Å². The Morgan fingerprint density at radius 1 is 0.808 bits per heavy atom. The van der Waals surface area contributed by atoms with Gasteiger partial charge in [-0.15, -0.1) is 34.8 Å². The predicted octanol–water partition coefficient (Wildman–Crippen LogP) is 8.46. The molecule has 0 heterocycles. The Morgan fingerprint density at radius 2 is 1.35 bits per heavy atom. The van der Waals surface area contributed by atoms with E-state index in [1.165, 1.54) is 5.56 Å². The molecule has 0 saturated heterocycles. The molecular formula is C23H37Cl3. The molecule has 0 radical (unpaired) electrons. The van der Waals surface area contributed by atoms with E-state index in [4.69, 9.17) is 34.8 Å². The second-order valence-electron chi connectivity index (χ2n) is 9.97. The number of rotatable bonds is 10. The summed E-state index contributed by atoms with van der Waals surface area (Å²) in [6.45, 7) is 15.1. The third-order valence-corrected chi connectivity index (χ3v) is 5.85. The van der Waals surface area contributed by atoms with Crippen LogP contribution in [0.15, 0.2) is 30.3 Å². The van der Waals surface area contributed by atoms with Crippen LogP contribution in [0.3, 0.4) is 0 Å². The van der Waals surface area contributed by atoms with Gasteiger partial charge in [0.15, 0.2) is 0 Å². The minimum Gasteiger partial charge on any atom is -0.120 e. The summed E-state index contributed by atoms with van der Waals surface area (Å²) in [6.07, 6.45) is 4.98. The highest BCUT2D eigenvalue weighted by Gasteiger charge is 2.43. The maximum absolute atomic E-state index is 6.90. The van der Waals surface area contributed by atoms with E-state index < -0.39 is 0 Å². The number of alkyl halides is 3. The van der Waals surface area contributed by atoms with Crippen LogP contribution >= 0.6 is 34.8 Å². The van der Waals surface area contributed by atoms with E-state index >= 15 is 0 Å². The lowest BCUT2D eigenvalue weighted by atomic mass is 9.65. The van der Waals surface area contributed by atoms with Gasteiger partial charge in [0.05, 0.1) is 0 Å². The molecule has 26 heavy (non-hydrogen) atoms. The monoisotopic (exact) mass is 418 g/mol. The normalized spacial score (nSPS) is 17.0. The fourth-order valence-corrected chi connectivity index (χ4v) is 6.28. The zero-order valence-electron chi connectivity index (χ0n) is 17.6. The number of benzene rings is 1. The van der Waals surface area contributed by atoms with E-state index in [9.17, 15) is 0 Å². The van der Waals surface area contributed by atoms with Crippen LogP contribution in [-0.2, 0) is 6.42 Å². The molecule has 0 aliphatic carbocycles. The third kappa shape index (κ3) is 8.85. The van der Waals surface area contributed by atoms with Gasteiger partial charge in [0, 0.05) is 14.6 Å². The topological polar surface area (TPSA) is 0 Å². The molecule has 0 saturated carbocycles. The Hall–Kier alpha value is 0.0900. The lowest BCUT2D eigenvalue weighted by Crippen LogP contribution is -2.42. The lowest BCUT2D eigenvalue weighted by molar-refractivity contribution is 0.125. The fraction of sp³-hybridized carbons (Fsp3) is 0.739. The van der Waals surface area contributed by atoms with Crippen molar-refractivity contribution in [2.75, 3.05) is 0 Å². The number of hydrogen-bond donors (Lipinski definition) is 0. The molecular weight excluding hydrogens is 383 g/mol. The summed E-state index contributed by atoms with van der Waals surface area (Å²) in [5.41, 5.74) is 1.42. The lowest BCUT2D eigenvalue weighted by Gasteiger charge is -2.45. The first-order chi connectivity index (χ1) is 11.6. The van der Waals surface area contributed by atoms with Crippen LogP contribution in [-0.4, -0.2) is 14.6 Å². The van der Waals surface area contributed by atoms with Crippen LogP contribution in [0.1, 0.15) is 79.7 Å². The van der Waals surface area contributed by atoms with Crippen LogP contribution in [0, 0.1) is 11.3 Å². The Bertz CT molecular complexity index is 533. The fourth-order valence-electron chi connectivity index (χ4n) is 4.83.